The predicted octanol–water partition coefficient (Wildman–Crippen LogP) is 15.7. The third-order valence-corrected chi connectivity index (χ3v) is 14.4. The van der Waals surface area contributed by atoms with Crippen molar-refractivity contribution in [3.63, 3.8) is 0 Å². The number of benzene rings is 9. The smallest absolute Gasteiger partial charge is 0.164 e. The van der Waals surface area contributed by atoms with E-state index in [0.29, 0.717) is 17.5 Å². The molecule has 4 aromatic heterocycles. The molecule has 0 unspecified atom stereocenters. The van der Waals surface area contributed by atoms with Crippen molar-refractivity contribution in [3.8, 4) is 78.7 Å². The van der Waals surface area contributed by atoms with E-state index in [1.54, 1.807) is 0 Å². The first-order valence-corrected chi connectivity index (χ1v) is 23.3. The lowest BCUT2D eigenvalue weighted by molar-refractivity contribution is 0.665. The van der Waals surface area contributed by atoms with Crippen LogP contribution in [0, 0.1) is 0 Å². The van der Waals surface area contributed by atoms with Crippen molar-refractivity contribution in [2.24, 2.45) is 0 Å². The maximum Gasteiger partial charge on any atom is 0.164 e. The second kappa shape index (κ2) is 14.4. The SMILES string of the molecule is c1ccc(-c2nc(-c3ccccc3)nc(-c3cc4c(c5oc6ccccc6c35)-c3c(cc(-c5cccc(-c6ccncc6)c5)c5c3oc3ccccc35)C43c4ccccc4-c4ccccc43)n2)cc1. The van der Waals surface area contributed by atoms with Crippen LogP contribution in [0.4, 0.5) is 0 Å². The standard InChI is InChI=1S/C63H36N4O2/c1-3-16-38(17-4-1)60-65-61(39-18-5-2-6-19-39)67-62(66-60)47-36-51-57(59-55(47)45-25-10-14-29-53(45)69-59)56-50(63(51)48-26-11-7-22-42(48)43-23-8-12-27-49(43)63)35-46(54-44-24-9-13-28-52(44)68-58(54)56)41-21-15-20-40(34-41)37-30-32-64-33-31-37/h1-36H. The Morgan fingerprint density at radius 3 is 1.38 bits per heavy atom. The summed E-state index contributed by atoms with van der Waals surface area (Å²) in [5.74, 6) is 1.76. The highest BCUT2D eigenvalue weighted by molar-refractivity contribution is 6.24. The van der Waals surface area contributed by atoms with Gasteiger partial charge >= 0.3 is 0 Å². The molecule has 6 nitrogen and oxygen atoms in total. The zero-order valence-electron chi connectivity index (χ0n) is 36.9. The topological polar surface area (TPSA) is 77.8 Å². The highest BCUT2D eigenvalue weighted by Crippen LogP contribution is 2.67. The zero-order valence-corrected chi connectivity index (χ0v) is 36.9. The summed E-state index contributed by atoms with van der Waals surface area (Å²) in [7, 11) is 0. The van der Waals surface area contributed by atoms with Crippen LogP contribution in [-0.2, 0) is 5.41 Å². The lowest BCUT2D eigenvalue weighted by Crippen LogP contribution is -2.26. The first-order chi connectivity index (χ1) is 34.2. The average Bonchev–Trinajstić information content (AvgIpc) is 4.17. The summed E-state index contributed by atoms with van der Waals surface area (Å²) in [5, 5.41) is 4.03. The molecule has 0 atom stereocenters. The molecule has 13 aromatic rings. The summed E-state index contributed by atoms with van der Waals surface area (Å²) in [5.41, 5.74) is 18.5. The molecule has 1 spiro atoms. The van der Waals surface area contributed by atoms with Gasteiger partial charge in [0.15, 0.2) is 17.5 Å². The molecule has 4 heterocycles. The molecule has 0 bridgehead atoms. The Bertz CT molecular complexity index is 4150. The van der Waals surface area contributed by atoms with Crippen molar-refractivity contribution in [1.82, 2.24) is 19.9 Å². The van der Waals surface area contributed by atoms with E-state index >= 15 is 0 Å². The van der Waals surface area contributed by atoms with Crippen molar-refractivity contribution in [2.45, 2.75) is 5.41 Å². The van der Waals surface area contributed by atoms with Crippen LogP contribution < -0.4 is 0 Å². The van der Waals surface area contributed by atoms with Gasteiger partial charge in [-0.25, -0.2) is 15.0 Å². The fourth-order valence-electron chi connectivity index (χ4n) is 11.6. The van der Waals surface area contributed by atoms with Crippen molar-refractivity contribution in [3.05, 3.63) is 241 Å². The van der Waals surface area contributed by atoms with E-state index in [4.69, 9.17) is 23.8 Å². The molecule has 69 heavy (non-hydrogen) atoms. The Morgan fingerprint density at radius 1 is 0.319 bits per heavy atom. The van der Waals surface area contributed by atoms with Crippen LogP contribution in [0.5, 0.6) is 0 Å². The number of furan rings is 2. The van der Waals surface area contributed by atoms with E-state index < -0.39 is 5.41 Å². The predicted molar refractivity (Wildman–Crippen MR) is 276 cm³/mol. The summed E-state index contributed by atoms with van der Waals surface area (Å²) in [6.45, 7) is 0. The van der Waals surface area contributed by atoms with Gasteiger partial charge in [-0.3, -0.25) is 4.98 Å². The van der Waals surface area contributed by atoms with Crippen LogP contribution in [0.2, 0.25) is 0 Å². The quantitative estimate of drug-likeness (QED) is 0.171. The molecule has 2 aliphatic rings. The molecule has 0 amide bonds. The Balaban J connectivity index is 1.13. The number of hydrogen-bond donors (Lipinski definition) is 0. The molecule has 2 aliphatic carbocycles. The molecule has 0 saturated carbocycles. The van der Waals surface area contributed by atoms with Gasteiger partial charge in [0, 0.05) is 61.8 Å². The molecule has 0 saturated heterocycles. The Hall–Kier alpha value is -9.26. The van der Waals surface area contributed by atoms with E-state index in [1.807, 2.05) is 54.9 Å². The van der Waals surface area contributed by atoms with Crippen LogP contribution in [0.1, 0.15) is 22.3 Å². The molecule has 6 heteroatoms. The van der Waals surface area contributed by atoms with Gasteiger partial charge in [0.2, 0.25) is 0 Å². The van der Waals surface area contributed by atoms with E-state index in [0.717, 1.165) is 105 Å². The number of fused-ring (bicyclic) bond motifs is 18. The first-order valence-electron chi connectivity index (χ1n) is 23.3. The average molecular weight is 881 g/mol. The van der Waals surface area contributed by atoms with Crippen LogP contribution in [0.15, 0.2) is 227 Å². The normalized spacial score (nSPS) is 13.0. The number of hydrogen-bond acceptors (Lipinski definition) is 6. The molecular weight excluding hydrogens is 845 g/mol. The summed E-state index contributed by atoms with van der Waals surface area (Å²) in [4.78, 5) is 20.2. The first kappa shape index (κ1) is 37.9. The van der Waals surface area contributed by atoms with Crippen LogP contribution >= 0.6 is 0 Å². The lowest BCUT2D eigenvalue weighted by atomic mass is 9.69. The van der Waals surface area contributed by atoms with Gasteiger partial charge in [-0.15, -0.1) is 0 Å². The maximum absolute atomic E-state index is 7.31. The Labute approximate surface area is 395 Å². The molecule has 0 aliphatic heterocycles. The van der Waals surface area contributed by atoms with Crippen LogP contribution in [0.25, 0.3) is 123 Å². The van der Waals surface area contributed by atoms with Crippen molar-refractivity contribution < 1.29 is 8.83 Å². The molecular formula is C63H36N4O2. The molecule has 0 radical (unpaired) electrons. The minimum absolute atomic E-state index is 0.565. The number of aromatic nitrogens is 4. The second-order valence-corrected chi connectivity index (χ2v) is 18.0. The van der Waals surface area contributed by atoms with Gasteiger partial charge in [-0.05, 0) is 98.1 Å². The van der Waals surface area contributed by atoms with Crippen molar-refractivity contribution in [1.29, 1.82) is 0 Å². The lowest BCUT2D eigenvalue weighted by Gasteiger charge is -2.31. The van der Waals surface area contributed by atoms with Gasteiger partial charge in [0.25, 0.3) is 0 Å². The highest BCUT2D eigenvalue weighted by atomic mass is 16.3. The monoisotopic (exact) mass is 880 g/mol. The van der Waals surface area contributed by atoms with Crippen LogP contribution in [0.3, 0.4) is 0 Å². The van der Waals surface area contributed by atoms with Crippen molar-refractivity contribution >= 4 is 43.9 Å². The molecule has 0 N–H and O–H groups in total. The third-order valence-electron chi connectivity index (χ3n) is 14.4. The highest BCUT2D eigenvalue weighted by Gasteiger charge is 2.54. The minimum Gasteiger partial charge on any atom is -0.455 e. The third kappa shape index (κ3) is 5.31. The number of pyridine rings is 1. The van der Waals surface area contributed by atoms with E-state index in [1.165, 1.54) is 22.3 Å². The number of nitrogens with zero attached hydrogens (tertiary/aromatic N) is 4. The van der Waals surface area contributed by atoms with Gasteiger partial charge in [-0.2, -0.15) is 0 Å². The fourth-order valence-corrected chi connectivity index (χ4v) is 11.6. The van der Waals surface area contributed by atoms with E-state index in [-0.39, 0.29) is 0 Å². The largest absolute Gasteiger partial charge is 0.455 e. The zero-order chi connectivity index (χ0) is 45.2. The van der Waals surface area contributed by atoms with E-state index in [2.05, 4.69) is 169 Å². The minimum atomic E-state index is -0.804. The summed E-state index contributed by atoms with van der Waals surface area (Å²) in [6, 6.07) is 72.7. The second-order valence-electron chi connectivity index (χ2n) is 18.0. The number of para-hydroxylation sites is 2. The summed E-state index contributed by atoms with van der Waals surface area (Å²) in [6.07, 6.45) is 3.70. The molecule has 9 aromatic carbocycles. The molecule has 0 fully saturated rings. The van der Waals surface area contributed by atoms with Crippen molar-refractivity contribution in [2.75, 3.05) is 0 Å². The Kier molecular flexibility index (Phi) is 7.89. The van der Waals surface area contributed by atoms with Gasteiger partial charge in [0.05, 0.1) is 5.41 Å². The van der Waals surface area contributed by atoms with Gasteiger partial charge < -0.3 is 8.83 Å². The molecule has 15 rings (SSSR count). The van der Waals surface area contributed by atoms with E-state index in [9.17, 15) is 0 Å². The van der Waals surface area contributed by atoms with Crippen LogP contribution in [-0.4, -0.2) is 19.9 Å². The van der Waals surface area contributed by atoms with Gasteiger partial charge in [0.1, 0.15) is 22.3 Å². The summed E-state index contributed by atoms with van der Waals surface area (Å²) < 4.78 is 14.6. The van der Waals surface area contributed by atoms with Gasteiger partial charge in [-0.1, -0.05) is 164 Å². The fraction of sp³-hybridized carbons (Fsp3) is 0.0159. The maximum atomic E-state index is 7.31. The molecule has 320 valence electrons. The Morgan fingerprint density at radius 2 is 0.783 bits per heavy atom. The number of rotatable bonds is 5. The summed E-state index contributed by atoms with van der Waals surface area (Å²) >= 11 is 0.